The molecule has 10 heteroatoms. The lowest BCUT2D eigenvalue weighted by atomic mass is 9.93. The maximum Gasteiger partial charge on any atom is 0.280 e. The molecule has 214 valence electrons. The molecular formula is C30H36ClF2N5O2. The lowest BCUT2D eigenvalue weighted by Crippen LogP contribution is -2.52. The van der Waals surface area contributed by atoms with Crippen LogP contribution in [0.2, 0.25) is 5.02 Å². The number of rotatable bonds is 7. The van der Waals surface area contributed by atoms with Crippen LogP contribution < -0.4 is 4.90 Å². The zero-order chi connectivity index (χ0) is 27.8. The molecule has 2 unspecified atom stereocenters. The number of hydrogen-bond acceptors (Lipinski definition) is 5. The maximum atomic E-state index is 13.9. The van der Waals surface area contributed by atoms with Gasteiger partial charge in [-0.2, -0.15) is 5.10 Å². The Kier molecular flexibility index (Phi) is 7.97. The second-order valence-electron chi connectivity index (χ2n) is 11.3. The van der Waals surface area contributed by atoms with Crippen LogP contribution in [0.4, 0.5) is 14.5 Å². The van der Waals surface area contributed by atoms with Crippen molar-refractivity contribution in [1.82, 2.24) is 19.6 Å². The van der Waals surface area contributed by atoms with Gasteiger partial charge in [0.1, 0.15) is 5.69 Å². The van der Waals surface area contributed by atoms with Crippen molar-refractivity contribution in [1.29, 1.82) is 0 Å². The number of aliphatic hydroxyl groups excluding tert-OH is 1. The molecular weight excluding hydrogens is 536 g/mol. The number of allylic oxidation sites excluding steroid dienone is 2. The number of piperidine rings is 1. The van der Waals surface area contributed by atoms with Crippen molar-refractivity contribution in [2.24, 2.45) is 5.92 Å². The smallest absolute Gasteiger partial charge is 0.280 e. The normalized spacial score (nSPS) is 24.1. The second-order valence-corrected chi connectivity index (χ2v) is 11.8. The van der Waals surface area contributed by atoms with Crippen LogP contribution in [0.25, 0.3) is 5.57 Å². The summed E-state index contributed by atoms with van der Waals surface area (Å²) in [5.41, 5.74) is 3.18. The third-order valence-electron chi connectivity index (χ3n) is 8.74. The Morgan fingerprint density at radius 2 is 1.93 bits per heavy atom. The topological polar surface area (TPSA) is 64.8 Å². The number of carbonyl (C=O) groups excluding carboxylic acids is 1. The molecule has 1 N–H and O–H groups in total. The average Bonchev–Trinajstić information content (AvgIpc) is 3.74. The van der Waals surface area contributed by atoms with E-state index in [1.54, 1.807) is 0 Å². The van der Waals surface area contributed by atoms with Crippen LogP contribution in [-0.4, -0.2) is 75.9 Å². The molecule has 2 aliphatic carbocycles. The first-order chi connectivity index (χ1) is 19.4. The number of halogens is 3. The summed E-state index contributed by atoms with van der Waals surface area (Å²) in [6, 6.07) is 5.99. The van der Waals surface area contributed by atoms with Crippen molar-refractivity contribution in [3.63, 3.8) is 0 Å². The van der Waals surface area contributed by atoms with Crippen LogP contribution in [-0.2, 0) is 11.4 Å². The summed E-state index contributed by atoms with van der Waals surface area (Å²) in [7, 11) is 0. The van der Waals surface area contributed by atoms with Gasteiger partial charge < -0.3 is 14.9 Å². The fourth-order valence-electron chi connectivity index (χ4n) is 6.39. The quantitative estimate of drug-likeness (QED) is 0.502. The number of amides is 1. The Labute approximate surface area is 238 Å². The van der Waals surface area contributed by atoms with Gasteiger partial charge in [-0.3, -0.25) is 14.4 Å². The number of piperazine rings is 1. The number of benzene rings is 1. The van der Waals surface area contributed by atoms with E-state index < -0.39 is 13.0 Å². The van der Waals surface area contributed by atoms with Crippen LogP contribution >= 0.6 is 11.6 Å². The molecule has 4 aliphatic rings. The maximum absolute atomic E-state index is 13.9. The largest absolute Gasteiger partial charge is 0.392 e. The number of anilines is 1. The molecule has 1 saturated carbocycles. The van der Waals surface area contributed by atoms with E-state index in [1.807, 2.05) is 23.1 Å². The molecule has 2 saturated heterocycles. The van der Waals surface area contributed by atoms with E-state index in [1.165, 1.54) is 10.9 Å². The minimum atomic E-state index is -2.70. The number of hydrogen-bond donors (Lipinski definition) is 1. The Morgan fingerprint density at radius 3 is 2.60 bits per heavy atom. The summed E-state index contributed by atoms with van der Waals surface area (Å²) in [5.74, 6) is 0.613. The van der Waals surface area contributed by atoms with Crippen molar-refractivity contribution in [3.05, 3.63) is 64.5 Å². The van der Waals surface area contributed by atoms with E-state index in [4.69, 9.17) is 11.6 Å². The average molecular weight is 572 g/mol. The van der Waals surface area contributed by atoms with Gasteiger partial charge in [-0.15, -0.1) is 0 Å². The van der Waals surface area contributed by atoms with Gasteiger partial charge in [0.05, 0.1) is 18.8 Å². The van der Waals surface area contributed by atoms with E-state index in [9.17, 15) is 18.7 Å². The number of nitrogens with zero attached hydrogens (tertiary/aromatic N) is 5. The van der Waals surface area contributed by atoms with Crippen molar-refractivity contribution >= 4 is 28.8 Å². The molecule has 2 aromatic rings. The van der Waals surface area contributed by atoms with Crippen LogP contribution in [0.5, 0.6) is 0 Å². The van der Waals surface area contributed by atoms with Crippen LogP contribution in [0, 0.1) is 5.92 Å². The first-order valence-corrected chi connectivity index (χ1v) is 14.7. The van der Waals surface area contributed by atoms with E-state index in [0.29, 0.717) is 23.5 Å². The highest BCUT2D eigenvalue weighted by molar-refractivity contribution is 6.31. The monoisotopic (exact) mass is 571 g/mol. The SMILES string of the molecule is O=C(C1CC1)N1CCN(C2C=CC(c3ccc(Cl)cc3N3CCCC(n4ncc(CO)c4C(F)F)C3)=CC2)CC1. The van der Waals surface area contributed by atoms with Gasteiger partial charge in [0, 0.05) is 73.1 Å². The molecule has 1 aromatic carbocycles. The highest BCUT2D eigenvalue weighted by atomic mass is 35.5. The van der Waals surface area contributed by atoms with Gasteiger partial charge in [-0.1, -0.05) is 35.9 Å². The molecule has 40 heavy (non-hydrogen) atoms. The molecule has 2 atom stereocenters. The number of carbonyl (C=O) groups is 1. The first kappa shape index (κ1) is 27.4. The summed E-state index contributed by atoms with van der Waals surface area (Å²) >= 11 is 6.46. The van der Waals surface area contributed by atoms with Gasteiger partial charge in [0.2, 0.25) is 5.91 Å². The zero-order valence-electron chi connectivity index (χ0n) is 22.6. The van der Waals surface area contributed by atoms with Crippen molar-refractivity contribution < 1.29 is 18.7 Å². The standard InChI is InChI=1S/C30H36ClF2N5O2/c31-23-7-10-26(20-5-8-24(9-6-20)35-12-14-36(15-13-35)30(40)21-3-4-21)27(16-23)37-11-1-2-25(18-37)38-28(29(32)33)22(19-39)17-34-38/h5-8,10,16-17,21,24-25,29,39H,1-4,9,11-15,18-19H2. The van der Waals surface area contributed by atoms with Crippen molar-refractivity contribution in [2.75, 3.05) is 44.2 Å². The van der Waals surface area contributed by atoms with Crippen LogP contribution in [0.1, 0.15) is 61.4 Å². The summed E-state index contributed by atoms with van der Waals surface area (Å²) in [6.07, 6.45) is 9.93. The van der Waals surface area contributed by atoms with Gasteiger partial charge in [-0.25, -0.2) is 8.78 Å². The molecule has 0 bridgehead atoms. The second kappa shape index (κ2) is 11.6. The molecule has 1 aromatic heterocycles. The lowest BCUT2D eigenvalue weighted by molar-refractivity contribution is -0.134. The summed E-state index contributed by atoms with van der Waals surface area (Å²) < 4.78 is 29.1. The third kappa shape index (κ3) is 5.56. The number of alkyl halides is 2. The highest BCUT2D eigenvalue weighted by Gasteiger charge is 2.35. The van der Waals surface area contributed by atoms with E-state index in [2.05, 4.69) is 33.1 Å². The summed E-state index contributed by atoms with van der Waals surface area (Å²) in [4.78, 5) is 19.1. The molecule has 2 aliphatic heterocycles. The minimum Gasteiger partial charge on any atom is -0.392 e. The number of aromatic nitrogens is 2. The summed E-state index contributed by atoms with van der Waals surface area (Å²) in [5, 5.41) is 14.4. The van der Waals surface area contributed by atoms with Crippen molar-refractivity contribution in [3.8, 4) is 0 Å². The third-order valence-corrected chi connectivity index (χ3v) is 8.98. The van der Waals surface area contributed by atoms with E-state index in [0.717, 1.165) is 81.7 Å². The predicted molar refractivity (Wildman–Crippen MR) is 151 cm³/mol. The van der Waals surface area contributed by atoms with Crippen LogP contribution in [0.3, 0.4) is 0 Å². The van der Waals surface area contributed by atoms with E-state index in [-0.39, 0.29) is 23.2 Å². The highest BCUT2D eigenvalue weighted by Crippen LogP contribution is 2.38. The molecule has 3 heterocycles. The fourth-order valence-corrected chi connectivity index (χ4v) is 6.55. The lowest BCUT2D eigenvalue weighted by Gasteiger charge is -2.39. The Morgan fingerprint density at radius 1 is 1.12 bits per heavy atom. The minimum absolute atomic E-state index is 0.179. The zero-order valence-corrected chi connectivity index (χ0v) is 23.3. The van der Waals surface area contributed by atoms with Gasteiger partial charge >= 0.3 is 0 Å². The molecule has 1 amide bonds. The molecule has 3 fully saturated rings. The Balaban J connectivity index is 1.16. The van der Waals surface area contributed by atoms with E-state index >= 15 is 0 Å². The first-order valence-electron chi connectivity index (χ1n) is 14.3. The Hall–Kier alpha value is -2.75. The van der Waals surface area contributed by atoms with Gasteiger partial charge in [-0.05, 0) is 49.8 Å². The Bertz CT molecular complexity index is 1300. The molecule has 0 radical (unpaired) electrons. The molecule has 6 rings (SSSR count). The molecule has 7 nitrogen and oxygen atoms in total. The summed E-state index contributed by atoms with van der Waals surface area (Å²) in [6.45, 7) is 4.26. The fraction of sp³-hybridized carbons (Fsp3) is 0.533. The van der Waals surface area contributed by atoms with Crippen molar-refractivity contribution in [2.45, 2.75) is 57.2 Å². The predicted octanol–water partition coefficient (Wildman–Crippen LogP) is 5.07. The van der Waals surface area contributed by atoms with Gasteiger partial charge in [0.25, 0.3) is 6.43 Å². The van der Waals surface area contributed by atoms with Crippen LogP contribution in [0.15, 0.2) is 42.6 Å². The van der Waals surface area contributed by atoms with Gasteiger partial charge in [0.15, 0.2) is 0 Å². The number of aliphatic hydroxyl groups is 1. The molecule has 0 spiro atoms.